The van der Waals surface area contributed by atoms with Crippen LogP contribution in [-0.2, 0) is 0 Å². The third-order valence-corrected chi connectivity index (χ3v) is 3.38. The Labute approximate surface area is 118 Å². The van der Waals surface area contributed by atoms with Gasteiger partial charge in [0.1, 0.15) is 0 Å². The van der Waals surface area contributed by atoms with Crippen LogP contribution in [0.3, 0.4) is 0 Å². The predicted octanol–water partition coefficient (Wildman–Crippen LogP) is 3.99. The van der Waals surface area contributed by atoms with Gasteiger partial charge in [-0.3, -0.25) is 0 Å². The van der Waals surface area contributed by atoms with Gasteiger partial charge in [-0.2, -0.15) is 15.0 Å². The first-order valence-corrected chi connectivity index (χ1v) is 7.79. The number of unbranched alkanes of at least 4 members (excludes halogenated alkanes) is 3. The van der Waals surface area contributed by atoms with Crippen molar-refractivity contribution in [3.05, 3.63) is 5.28 Å². The second-order valence-electron chi connectivity index (χ2n) is 3.93. The zero-order valence-electron chi connectivity index (χ0n) is 11.0. The largest absolute Gasteiger partial charge is 0.463 e. The second-order valence-corrected chi connectivity index (χ2v) is 5.33. The molecule has 1 heterocycles. The van der Waals surface area contributed by atoms with Gasteiger partial charge >= 0.3 is 6.01 Å². The van der Waals surface area contributed by atoms with Crippen LogP contribution < -0.4 is 4.74 Å². The lowest BCUT2D eigenvalue weighted by atomic mass is 10.3. The lowest BCUT2D eigenvalue weighted by Crippen LogP contribution is -2.03. The molecule has 6 heteroatoms. The van der Waals surface area contributed by atoms with E-state index in [-0.39, 0.29) is 5.28 Å². The van der Waals surface area contributed by atoms with Gasteiger partial charge in [0, 0.05) is 5.75 Å². The summed E-state index contributed by atoms with van der Waals surface area (Å²) in [6, 6.07) is 0.335. The van der Waals surface area contributed by atoms with E-state index < -0.39 is 0 Å². The fourth-order valence-electron chi connectivity index (χ4n) is 1.27. The zero-order chi connectivity index (χ0) is 13.2. The van der Waals surface area contributed by atoms with Crippen molar-refractivity contribution in [1.82, 2.24) is 15.0 Å². The van der Waals surface area contributed by atoms with E-state index in [4.69, 9.17) is 16.3 Å². The molecule has 0 N–H and O–H groups in total. The molecule has 0 fully saturated rings. The normalized spacial score (nSPS) is 10.6. The van der Waals surface area contributed by atoms with Crippen molar-refractivity contribution in [1.29, 1.82) is 0 Å². The summed E-state index contributed by atoms with van der Waals surface area (Å²) in [5.74, 6) is 1.00. The van der Waals surface area contributed by atoms with E-state index in [0.717, 1.165) is 25.0 Å². The maximum atomic E-state index is 5.85. The van der Waals surface area contributed by atoms with Crippen LogP contribution in [0.4, 0.5) is 0 Å². The molecular formula is C12H20ClN3OS. The Hall–Kier alpha value is -0.550. The quantitative estimate of drug-likeness (QED) is 0.508. The molecule has 0 aromatic carbocycles. The van der Waals surface area contributed by atoms with Crippen LogP contribution in [0.2, 0.25) is 5.28 Å². The molecule has 0 aliphatic carbocycles. The summed E-state index contributed by atoms with van der Waals surface area (Å²) < 4.78 is 5.44. The Morgan fingerprint density at radius 1 is 1.06 bits per heavy atom. The van der Waals surface area contributed by atoms with E-state index in [1.807, 2.05) is 0 Å². The molecule has 0 amide bonds. The molecule has 0 aliphatic heterocycles. The Kier molecular flexibility index (Phi) is 8.09. The minimum Gasteiger partial charge on any atom is -0.463 e. The highest BCUT2D eigenvalue weighted by Gasteiger charge is 2.06. The Morgan fingerprint density at radius 3 is 2.56 bits per heavy atom. The summed E-state index contributed by atoms with van der Waals surface area (Å²) in [5, 5.41) is 0.854. The molecule has 0 saturated heterocycles. The molecule has 102 valence electrons. The lowest BCUT2D eigenvalue weighted by Gasteiger charge is -2.05. The molecule has 1 rings (SSSR count). The standard InChI is InChI=1S/C12H20ClN3OS/c1-3-5-7-9-18-12-15-10(13)14-11(16-12)17-8-6-4-2/h3-9H2,1-2H3. The van der Waals surface area contributed by atoms with Crippen LogP contribution in [0.15, 0.2) is 5.16 Å². The number of hydrogen-bond donors (Lipinski definition) is 0. The third-order valence-electron chi connectivity index (χ3n) is 2.28. The highest BCUT2D eigenvalue weighted by molar-refractivity contribution is 7.99. The fourth-order valence-corrected chi connectivity index (χ4v) is 2.29. The van der Waals surface area contributed by atoms with Crippen LogP contribution in [0.1, 0.15) is 46.0 Å². The van der Waals surface area contributed by atoms with E-state index >= 15 is 0 Å². The Balaban J connectivity index is 2.46. The van der Waals surface area contributed by atoms with Gasteiger partial charge in [0.25, 0.3) is 0 Å². The van der Waals surface area contributed by atoms with Crippen LogP contribution >= 0.6 is 23.4 Å². The van der Waals surface area contributed by atoms with E-state index in [2.05, 4.69) is 28.8 Å². The first-order chi connectivity index (χ1) is 8.76. The summed E-state index contributed by atoms with van der Waals surface area (Å²) >= 11 is 7.45. The molecule has 0 aliphatic rings. The third kappa shape index (κ3) is 6.40. The number of thioether (sulfide) groups is 1. The first-order valence-electron chi connectivity index (χ1n) is 6.43. The molecule has 1 aromatic rings. The van der Waals surface area contributed by atoms with Crippen LogP contribution in [-0.4, -0.2) is 27.3 Å². The smallest absolute Gasteiger partial charge is 0.321 e. The molecule has 0 saturated carbocycles. The van der Waals surface area contributed by atoms with Gasteiger partial charge in [-0.1, -0.05) is 44.9 Å². The predicted molar refractivity (Wildman–Crippen MR) is 75.5 cm³/mol. The average Bonchev–Trinajstić information content (AvgIpc) is 2.34. The molecule has 0 unspecified atom stereocenters. The second kappa shape index (κ2) is 9.39. The summed E-state index contributed by atoms with van der Waals surface area (Å²) in [6.07, 6.45) is 5.67. The van der Waals surface area contributed by atoms with Crippen molar-refractivity contribution < 1.29 is 4.74 Å². The molecule has 18 heavy (non-hydrogen) atoms. The van der Waals surface area contributed by atoms with Crippen LogP contribution in [0, 0.1) is 0 Å². The first kappa shape index (κ1) is 15.5. The summed E-state index contributed by atoms with van der Waals surface area (Å²) in [4.78, 5) is 12.3. The lowest BCUT2D eigenvalue weighted by molar-refractivity contribution is 0.281. The van der Waals surface area contributed by atoms with Crippen molar-refractivity contribution in [3.63, 3.8) is 0 Å². The summed E-state index contributed by atoms with van der Waals surface area (Å²) in [5.41, 5.74) is 0. The topological polar surface area (TPSA) is 47.9 Å². The Bertz CT molecular complexity index is 352. The van der Waals surface area contributed by atoms with Gasteiger partial charge in [-0.15, -0.1) is 0 Å². The van der Waals surface area contributed by atoms with Crippen LogP contribution in [0.25, 0.3) is 0 Å². The van der Waals surface area contributed by atoms with E-state index in [1.54, 1.807) is 11.8 Å². The highest BCUT2D eigenvalue weighted by Crippen LogP contribution is 2.19. The number of ether oxygens (including phenoxy) is 1. The minimum absolute atomic E-state index is 0.203. The molecule has 4 nitrogen and oxygen atoms in total. The van der Waals surface area contributed by atoms with Gasteiger partial charge < -0.3 is 4.74 Å². The van der Waals surface area contributed by atoms with Crippen molar-refractivity contribution in [3.8, 4) is 6.01 Å². The molecule has 0 atom stereocenters. The van der Waals surface area contributed by atoms with Crippen molar-refractivity contribution >= 4 is 23.4 Å². The number of rotatable bonds is 9. The molecule has 0 radical (unpaired) electrons. The number of hydrogen-bond acceptors (Lipinski definition) is 5. The maximum absolute atomic E-state index is 5.85. The maximum Gasteiger partial charge on any atom is 0.321 e. The van der Waals surface area contributed by atoms with Crippen molar-refractivity contribution in [2.75, 3.05) is 12.4 Å². The minimum atomic E-state index is 0.203. The highest BCUT2D eigenvalue weighted by atomic mass is 35.5. The number of aromatic nitrogens is 3. The van der Waals surface area contributed by atoms with Gasteiger partial charge in [-0.05, 0) is 24.4 Å². The molecule has 1 aromatic heterocycles. The number of nitrogens with zero attached hydrogens (tertiary/aromatic N) is 3. The summed E-state index contributed by atoms with van der Waals surface area (Å²) in [6.45, 7) is 4.92. The number of halogens is 1. The van der Waals surface area contributed by atoms with Crippen LogP contribution in [0.5, 0.6) is 6.01 Å². The van der Waals surface area contributed by atoms with Gasteiger partial charge in [-0.25, -0.2) is 0 Å². The molecule has 0 spiro atoms. The molecular weight excluding hydrogens is 270 g/mol. The van der Waals surface area contributed by atoms with Crippen molar-refractivity contribution in [2.45, 2.75) is 51.1 Å². The van der Waals surface area contributed by atoms with Gasteiger partial charge in [0.2, 0.25) is 5.28 Å². The van der Waals surface area contributed by atoms with E-state index in [9.17, 15) is 0 Å². The monoisotopic (exact) mass is 289 g/mol. The van der Waals surface area contributed by atoms with Gasteiger partial charge in [0.15, 0.2) is 5.16 Å². The Morgan fingerprint density at radius 2 is 1.83 bits per heavy atom. The van der Waals surface area contributed by atoms with Crippen molar-refractivity contribution in [2.24, 2.45) is 0 Å². The van der Waals surface area contributed by atoms with E-state index in [0.29, 0.717) is 17.8 Å². The SMILES string of the molecule is CCCCCSc1nc(Cl)nc(OCCCC)n1. The molecule has 0 bridgehead atoms. The summed E-state index contributed by atoms with van der Waals surface area (Å²) in [7, 11) is 0. The fraction of sp³-hybridized carbons (Fsp3) is 0.750. The average molecular weight is 290 g/mol. The zero-order valence-corrected chi connectivity index (χ0v) is 12.6. The van der Waals surface area contributed by atoms with E-state index in [1.165, 1.54) is 12.8 Å². The van der Waals surface area contributed by atoms with Gasteiger partial charge in [0.05, 0.1) is 6.61 Å².